The van der Waals surface area contributed by atoms with E-state index in [4.69, 9.17) is 18.9 Å². The molecule has 0 aromatic carbocycles. The predicted octanol–water partition coefficient (Wildman–Crippen LogP) is 0.306. The molecule has 1 spiro atoms. The highest BCUT2D eigenvalue weighted by molar-refractivity contribution is 4.88. The topological polar surface area (TPSA) is 57.2 Å². The van der Waals surface area contributed by atoms with Gasteiger partial charge in [0.15, 0.2) is 5.79 Å². The fraction of sp³-hybridized carbons (Fsp3) is 1.00. The molecule has 0 bridgehead atoms. The zero-order valence-corrected chi connectivity index (χ0v) is 9.68. The molecule has 0 amide bonds. The number of aliphatic hydroxyl groups is 1. The lowest BCUT2D eigenvalue weighted by Crippen LogP contribution is -2.46. The summed E-state index contributed by atoms with van der Waals surface area (Å²) in [5.74, 6) is -0.503. The monoisotopic (exact) mass is 232 g/mol. The van der Waals surface area contributed by atoms with Gasteiger partial charge in [0, 0.05) is 20.0 Å². The molecule has 94 valence electrons. The summed E-state index contributed by atoms with van der Waals surface area (Å²) in [6.07, 6.45) is 1.39. The van der Waals surface area contributed by atoms with Gasteiger partial charge in [0.2, 0.25) is 0 Å². The highest BCUT2D eigenvalue weighted by Gasteiger charge is 2.45. The van der Waals surface area contributed by atoms with Crippen molar-refractivity contribution in [1.82, 2.24) is 0 Å². The summed E-state index contributed by atoms with van der Waals surface area (Å²) in [5, 5.41) is 9.84. The lowest BCUT2D eigenvalue weighted by molar-refractivity contribution is -0.222. The third kappa shape index (κ3) is 2.73. The normalized spacial score (nSPS) is 33.4. The average molecular weight is 232 g/mol. The van der Waals surface area contributed by atoms with Crippen LogP contribution in [0.2, 0.25) is 0 Å². The Bertz CT molecular complexity index is 214. The lowest BCUT2D eigenvalue weighted by atomic mass is 9.89. The number of methoxy groups -OCH3 is 1. The summed E-state index contributed by atoms with van der Waals surface area (Å²) in [6.45, 7) is 2.31. The van der Waals surface area contributed by atoms with Crippen molar-refractivity contribution < 1.29 is 24.1 Å². The number of hydrogen-bond acceptors (Lipinski definition) is 5. The Balaban J connectivity index is 1.84. The molecule has 1 heterocycles. The van der Waals surface area contributed by atoms with Gasteiger partial charge in [-0.2, -0.15) is 0 Å². The van der Waals surface area contributed by atoms with Gasteiger partial charge in [0.05, 0.1) is 38.6 Å². The van der Waals surface area contributed by atoms with Crippen LogP contribution in [-0.4, -0.2) is 56.6 Å². The van der Waals surface area contributed by atoms with Gasteiger partial charge in [0.1, 0.15) is 0 Å². The molecule has 2 aliphatic rings. The van der Waals surface area contributed by atoms with Crippen LogP contribution < -0.4 is 0 Å². The van der Waals surface area contributed by atoms with Crippen molar-refractivity contribution in [2.75, 3.05) is 33.5 Å². The summed E-state index contributed by atoms with van der Waals surface area (Å²) >= 11 is 0. The van der Waals surface area contributed by atoms with Crippen LogP contribution in [0.15, 0.2) is 0 Å². The van der Waals surface area contributed by atoms with E-state index in [2.05, 4.69) is 0 Å². The number of rotatable bonds is 4. The molecule has 2 unspecified atom stereocenters. The molecule has 5 heteroatoms. The molecule has 1 aliphatic heterocycles. The van der Waals surface area contributed by atoms with Crippen LogP contribution in [-0.2, 0) is 18.9 Å². The maximum atomic E-state index is 9.84. The maximum Gasteiger partial charge on any atom is 0.171 e. The van der Waals surface area contributed by atoms with Crippen molar-refractivity contribution in [2.45, 2.75) is 37.3 Å². The largest absolute Gasteiger partial charge is 0.390 e. The first-order chi connectivity index (χ1) is 7.76. The van der Waals surface area contributed by atoms with Gasteiger partial charge in [-0.05, 0) is 6.42 Å². The van der Waals surface area contributed by atoms with Crippen LogP contribution in [0.1, 0.15) is 19.3 Å². The maximum absolute atomic E-state index is 9.84. The van der Waals surface area contributed by atoms with E-state index < -0.39 is 11.9 Å². The highest BCUT2D eigenvalue weighted by Crippen LogP contribution is 2.37. The molecule has 0 radical (unpaired) electrons. The standard InChI is InChI=1S/C11H20O5/c1-13-4-5-14-10-8-11(3-2-9(10)12)15-6-7-16-11/h9-10,12H,2-8H2,1H3. The quantitative estimate of drug-likeness (QED) is 0.707. The third-order valence-electron chi connectivity index (χ3n) is 3.20. The van der Waals surface area contributed by atoms with Gasteiger partial charge >= 0.3 is 0 Å². The second kappa shape index (κ2) is 5.42. The molecule has 2 atom stereocenters. The minimum Gasteiger partial charge on any atom is -0.390 e. The van der Waals surface area contributed by atoms with E-state index in [9.17, 15) is 5.11 Å². The molecule has 1 aliphatic carbocycles. The smallest absolute Gasteiger partial charge is 0.171 e. The summed E-state index contributed by atoms with van der Waals surface area (Å²) in [7, 11) is 1.63. The van der Waals surface area contributed by atoms with Crippen molar-refractivity contribution in [3.8, 4) is 0 Å². The molecule has 2 fully saturated rings. The fourth-order valence-corrected chi connectivity index (χ4v) is 2.31. The first kappa shape index (κ1) is 12.3. The van der Waals surface area contributed by atoms with Crippen LogP contribution in [0.25, 0.3) is 0 Å². The molecule has 2 rings (SSSR count). The lowest BCUT2D eigenvalue weighted by Gasteiger charge is -2.38. The fourth-order valence-electron chi connectivity index (χ4n) is 2.31. The van der Waals surface area contributed by atoms with Gasteiger partial charge in [-0.15, -0.1) is 0 Å². The van der Waals surface area contributed by atoms with Crippen LogP contribution in [0, 0.1) is 0 Å². The van der Waals surface area contributed by atoms with Crippen molar-refractivity contribution in [3.05, 3.63) is 0 Å². The van der Waals surface area contributed by atoms with Gasteiger partial charge in [-0.25, -0.2) is 0 Å². The second-order valence-corrected chi connectivity index (χ2v) is 4.32. The molecular weight excluding hydrogens is 212 g/mol. The first-order valence-electron chi connectivity index (χ1n) is 5.82. The molecule has 1 N–H and O–H groups in total. The molecule has 5 nitrogen and oxygen atoms in total. The molecule has 0 aromatic heterocycles. The van der Waals surface area contributed by atoms with Gasteiger partial charge in [-0.3, -0.25) is 0 Å². The van der Waals surface area contributed by atoms with E-state index in [1.54, 1.807) is 7.11 Å². The summed E-state index contributed by atoms with van der Waals surface area (Å²) in [5.41, 5.74) is 0. The van der Waals surface area contributed by atoms with Crippen LogP contribution in [0.5, 0.6) is 0 Å². The van der Waals surface area contributed by atoms with E-state index in [1.807, 2.05) is 0 Å². The minimum atomic E-state index is -0.503. The molecule has 1 saturated heterocycles. The van der Waals surface area contributed by atoms with Crippen LogP contribution in [0.3, 0.4) is 0 Å². The molecule has 16 heavy (non-hydrogen) atoms. The van der Waals surface area contributed by atoms with E-state index in [1.165, 1.54) is 0 Å². The Hall–Kier alpha value is -0.200. The summed E-state index contributed by atoms with van der Waals surface area (Å²) in [6, 6.07) is 0. The van der Waals surface area contributed by atoms with E-state index in [-0.39, 0.29) is 6.10 Å². The van der Waals surface area contributed by atoms with E-state index in [0.29, 0.717) is 39.3 Å². The van der Waals surface area contributed by atoms with Crippen molar-refractivity contribution >= 4 is 0 Å². The Morgan fingerprint density at radius 3 is 2.75 bits per heavy atom. The van der Waals surface area contributed by atoms with Crippen LogP contribution >= 0.6 is 0 Å². The Morgan fingerprint density at radius 1 is 1.31 bits per heavy atom. The summed E-state index contributed by atoms with van der Waals surface area (Å²) in [4.78, 5) is 0. The molecular formula is C11H20O5. The molecule has 1 saturated carbocycles. The number of aliphatic hydroxyl groups excluding tert-OH is 1. The Kier molecular flexibility index (Phi) is 4.16. The first-order valence-corrected chi connectivity index (χ1v) is 5.82. The number of ether oxygens (including phenoxy) is 4. The van der Waals surface area contributed by atoms with Gasteiger partial charge < -0.3 is 24.1 Å². The van der Waals surface area contributed by atoms with Crippen LogP contribution in [0.4, 0.5) is 0 Å². The van der Waals surface area contributed by atoms with Gasteiger partial charge in [-0.1, -0.05) is 0 Å². The zero-order chi connectivity index (χ0) is 11.4. The highest BCUT2D eigenvalue weighted by atomic mass is 16.7. The zero-order valence-electron chi connectivity index (χ0n) is 9.68. The third-order valence-corrected chi connectivity index (χ3v) is 3.20. The average Bonchev–Trinajstić information content (AvgIpc) is 2.73. The van der Waals surface area contributed by atoms with Gasteiger partial charge in [0.25, 0.3) is 0 Å². The van der Waals surface area contributed by atoms with E-state index >= 15 is 0 Å². The second-order valence-electron chi connectivity index (χ2n) is 4.32. The predicted molar refractivity (Wildman–Crippen MR) is 56.1 cm³/mol. The Labute approximate surface area is 95.6 Å². The van der Waals surface area contributed by atoms with Crippen molar-refractivity contribution in [3.63, 3.8) is 0 Å². The van der Waals surface area contributed by atoms with Crippen molar-refractivity contribution in [1.29, 1.82) is 0 Å². The van der Waals surface area contributed by atoms with Crippen molar-refractivity contribution in [2.24, 2.45) is 0 Å². The van der Waals surface area contributed by atoms with E-state index in [0.717, 1.165) is 6.42 Å². The summed E-state index contributed by atoms with van der Waals surface area (Å²) < 4.78 is 21.7. The minimum absolute atomic E-state index is 0.206. The SMILES string of the molecule is COCCOC1CC2(CCC1O)OCCO2. The number of hydrogen-bond donors (Lipinski definition) is 1. The molecule has 0 aromatic rings. The Morgan fingerprint density at radius 2 is 2.06 bits per heavy atom.